The van der Waals surface area contributed by atoms with Crippen LogP contribution in [0.15, 0.2) is 41.1 Å². The molecule has 0 radical (unpaired) electrons. The molecule has 2 aromatic rings. The molecule has 0 fully saturated rings. The quantitative estimate of drug-likeness (QED) is 0.215. The Morgan fingerprint density at radius 1 is 1.09 bits per heavy atom. The molecule has 2 atom stereocenters. The molecule has 5 N–H and O–H groups in total. The van der Waals surface area contributed by atoms with Crippen molar-refractivity contribution in [1.82, 2.24) is 15.3 Å². The van der Waals surface area contributed by atoms with Crippen molar-refractivity contribution >= 4 is 36.9 Å². The zero-order chi connectivity index (χ0) is 25.5. The second-order valence-electron chi connectivity index (χ2n) is 8.30. The first-order valence-corrected chi connectivity index (χ1v) is 13.1. The van der Waals surface area contributed by atoms with E-state index in [4.69, 9.17) is 0 Å². The highest BCUT2D eigenvalue weighted by Crippen LogP contribution is 2.42. The molecule has 0 saturated heterocycles. The van der Waals surface area contributed by atoms with E-state index in [0.717, 1.165) is 11.1 Å². The monoisotopic (exact) mass is 511 g/mol. The van der Waals surface area contributed by atoms with Gasteiger partial charge in [0.25, 0.3) is 0 Å². The maximum atomic E-state index is 13.1. The Kier molecular flexibility index (Phi) is 9.96. The zero-order valence-corrected chi connectivity index (χ0v) is 20.9. The number of carbonyl (C=O) groups excluding carboxylic acids is 2. The van der Waals surface area contributed by atoms with Gasteiger partial charge in [-0.05, 0) is 45.9 Å². The highest BCUT2D eigenvalue weighted by atomic mass is 32.1. The minimum absolute atomic E-state index is 0.0129. The van der Waals surface area contributed by atoms with E-state index in [2.05, 4.69) is 10.6 Å². The molecule has 2 unspecified atom stereocenters. The largest absolute Gasteiger partial charge is 0.480 e. The molecule has 1 aromatic carbocycles. The van der Waals surface area contributed by atoms with Gasteiger partial charge in [-0.2, -0.15) is 16.0 Å². The van der Waals surface area contributed by atoms with Crippen molar-refractivity contribution in [3.05, 3.63) is 46.7 Å². The number of amides is 2. The van der Waals surface area contributed by atoms with Crippen molar-refractivity contribution in [3.63, 3.8) is 0 Å². The maximum absolute atomic E-state index is 13.1. The maximum Gasteiger partial charge on any atom is 0.405 e. The van der Waals surface area contributed by atoms with Gasteiger partial charge < -0.3 is 25.5 Å². The molecule has 10 nitrogen and oxygen atoms in total. The fraction of sp³-hybridized carbons (Fsp3) is 0.409. The summed E-state index contributed by atoms with van der Waals surface area (Å²) in [5.41, 5.74) is 2.71. The lowest BCUT2D eigenvalue weighted by Crippen LogP contribution is -2.53. The Labute approximate surface area is 202 Å². The summed E-state index contributed by atoms with van der Waals surface area (Å²) in [7, 11) is -4.95. The molecule has 0 aliphatic heterocycles. The second-order valence-corrected chi connectivity index (χ2v) is 10.6. The van der Waals surface area contributed by atoms with Crippen molar-refractivity contribution in [2.24, 2.45) is 5.92 Å². The number of nitrogens with one attached hydrogen (secondary N) is 2. The van der Waals surface area contributed by atoms with Gasteiger partial charge in [0.2, 0.25) is 11.8 Å². The molecular formula is C22H30N3O7PS. The third-order valence-electron chi connectivity index (χ3n) is 5.04. The minimum Gasteiger partial charge on any atom is -0.480 e. The van der Waals surface area contributed by atoms with Crippen molar-refractivity contribution in [2.45, 2.75) is 45.7 Å². The number of carboxylic acid groups (broad SMARTS) is 1. The fourth-order valence-corrected chi connectivity index (χ4v) is 4.83. The van der Waals surface area contributed by atoms with E-state index in [1.165, 1.54) is 6.92 Å². The number of aliphatic carboxylic acids is 1. The summed E-state index contributed by atoms with van der Waals surface area (Å²) in [6.07, 6.45) is 0.0270. The number of carbonyl (C=O) groups is 3. The Bertz CT molecular complexity index is 1020. The van der Waals surface area contributed by atoms with Crippen LogP contribution in [0.5, 0.6) is 0 Å². The number of rotatable bonds is 12. The van der Waals surface area contributed by atoms with Gasteiger partial charge in [-0.3, -0.25) is 9.59 Å². The van der Waals surface area contributed by atoms with Crippen LogP contribution in [-0.4, -0.2) is 56.1 Å². The molecule has 1 heterocycles. The lowest BCUT2D eigenvalue weighted by molar-refractivity contribution is -0.142. The third-order valence-corrected chi connectivity index (χ3v) is 6.82. The summed E-state index contributed by atoms with van der Waals surface area (Å²) in [4.78, 5) is 55.8. The van der Waals surface area contributed by atoms with Crippen LogP contribution in [0.25, 0.3) is 11.1 Å². The fourth-order valence-electron chi connectivity index (χ4n) is 3.35. The van der Waals surface area contributed by atoms with E-state index in [0.29, 0.717) is 10.2 Å². The molecule has 0 spiro atoms. The Morgan fingerprint density at radius 3 is 2.21 bits per heavy atom. The van der Waals surface area contributed by atoms with Crippen LogP contribution >= 0.6 is 19.1 Å². The van der Waals surface area contributed by atoms with Crippen molar-refractivity contribution in [3.8, 4) is 11.1 Å². The Morgan fingerprint density at radius 2 is 1.74 bits per heavy atom. The van der Waals surface area contributed by atoms with E-state index >= 15 is 0 Å². The minimum atomic E-state index is -4.95. The molecule has 12 heteroatoms. The van der Waals surface area contributed by atoms with Gasteiger partial charge in [0.1, 0.15) is 12.1 Å². The van der Waals surface area contributed by atoms with E-state index in [1.54, 1.807) is 37.3 Å². The molecule has 0 saturated carbocycles. The van der Waals surface area contributed by atoms with Crippen LogP contribution in [0.3, 0.4) is 0 Å². The van der Waals surface area contributed by atoms with Crippen molar-refractivity contribution in [2.75, 3.05) is 6.67 Å². The highest BCUT2D eigenvalue weighted by Gasteiger charge is 2.38. The topological polar surface area (TPSA) is 156 Å². The number of nitrogens with zero attached hydrogens (tertiary/aromatic N) is 1. The number of hydrogen-bond donors (Lipinski definition) is 5. The van der Waals surface area contributed by atoms with E-state index in [9.17, 15) is 33.8 Å². The molecule has 0 aliphatic carbocycles. The molecule has 34 heavy (non-hydrogen) atoms. The van der Waals surface area contributed by atoms with Gasteiger partial charge >= 0.3 is 13.7 Å². The summed E-state index contributed by atoms with van der Waals surface area (Å²) in [6.45, 7) is 4.15. The first-order valence-electron chi connectivity index (χ1n) is 10.6. The van der Waals surface area contributed by atoms with Crippen LogP contribution in [0.4, 0.5) is 0 Å². The summed E-state index contributed by atoms with van der Waals surface area (Å²) < 4.78 is 12.7. The van der Waals surface area contributed by atoms with Gasteiger partial charge in [0.05, 0.1) is 6.67 Å². The van der Waals surface area contributed by atoms with Gasteiger partial charge in [0, 0.05) is 13.3 Å². The average molecular weight is 512 g/mol. The predicted molar refractivity (Wildman–Crippen MR) is 129 cm³/mol. The summed E-state index contributed by atoms with van der Waals surface area (Å²) >= 11 is 1.57. The summed E-state index contributed by atoms with van der Waals surface area (Å²) in [6, 6.07) is 6.59. The SMILES string of the molecule is CC(=O)NCN(C(CC(C)C)C(=O)NC(Cc1ccc(-c2ccsc2)cc1)C(=O)O)P(=O)(O)O. The lowest BCUT2D eigenvalue weighted by Gasteiger charge is -2.32. The average Bonchev–Trinajstić information content (AvgIpc) is 3.26. The number of thiophene rings is 1. The smallest absolute Gasteiger partial charge is 0.405 e. The molecule has 2 rings (SSSR count). The lowest BCUT2D eigenvalue weighted by atomic mass is 10.0. The highest BCUT2D eigenvalue weighted by molar-refractivity contribution is 7.49. The van der Waals surface area contributed by atoms with Crippen molar-refractivity contribution in [1.29, 1.82) is 0 Å². The molecule has 2 amide bonds. The van der Waals surface area contributed by atoms with E-state index in [1.807, 2.05) is 29.0 Å². The third kappa shape index (κ3) is 8.34. The van der Waals surface area contributed by atoms with Crippen LogP contribution in [0.2, 0.25) is 0 Å². The summed E-state index contributed by atoms with van der Waals surface area (Å²) in [5.74, 6) is -2.79. The molecule has 0 aliphatic rings. The van der Waals surface area contributed by atoms with Gasteiger partial charge in [-0.15, -0.1) is 0 Å². The van der Waals surface area contributed by atoms with Crippen LogP contribution in [0.1, 0.15) is 32.8 Å². The van der Waals surface area contributed by atoms with Crippen LogP contribution < -0.4 is 10.6 Å². The summed E-state index contributed by atoms with van der Waals surface area (Å²) in [5, 5.41) is 18.4. The normalized spacial score (nSPS) is 13.5. The predicted octanol–water partition coefficient (Wildman–Crippen LogP) is 2.43. The molecule has 0 bridgehead atoms. The standard InChI is InChI=1S/C22H30N3O7PS/c1-14(2)10-20(25(33(30,31)32)13-23-15(3)26)21(27)24-19(22(28)29)11-16-4-6-17(7-5-16)18-8-9-34-12-18/h4-9,12,14,19-20H,10-11,13H2,1-3H3,(H,23,26)(H,24,27)(H,28,29)(H2,30,31,32). The number of hydrogen-bond acceptors (Lipinski definition) is 5. The Balaban J connectivity index is 2.21. The first-order chi connectivity index (χ1) is 15.9. The van der Waals surface area contributed by atoms with Crippen molar-refractivity contribution < 1.29 is 33.8 Å². The van der Waals surface area contributed by atoms with E-state index in [-0.39, 0.29) is 18.8 Å². The van der Waals surface area contributed by atoms with E-state index < -0.39 is 44.3 Å². The number of benzene rings is 1. The van der Waals surface area contributed by atoms with Gasteiger partial charge in [-0.25, -0.2) is 9.36 Å². The molecular weight excluding hydrogens is 481 g/mol. The Hall–Kier alpha value is -2.56. The first kappa shape index (κ1) is 27.7. The molecule has 1 aromatic heterocycles. The van der Waals surface area contributed by atoms with Crippen LogP contribution in [0, 0.1) is 5.92 Å². The second kappa shape index (κ2) is 12.2. The van der Waals surface area contributed by atoms with Gasteiger partial charge in [0.15, 0.2) is 0 Å². The number of carboxylic acids is 1. The zero-order valence-electron chi connectivity index (χ0n) is 19.2. The molecule has 186 valence electrons. The van der Waals surface area contributed by atoms with Gasteiger partial charge in [-0.1, -0.05) is 38.1 Å². The van der Waals surface area contributed by atoms with Crippen LogP contribution in [-0.2, 0) is 25.4 Å².